The summed E-state index contributed by atoms with van der Waals surface area (Å²) in [6.07, 6.45) is -0.864. The molecule has 0 radical (unpaired) electrons. The van der Waals surface area contributed by atoms with Crippen LogP contribution in [0.15, 0.2) is 59.4 Å². The van der Waals surface area contributed by atoms with Crippen molar-refractivity contribution in [3.05, 3.63) is 98.2 Å². The van der Waals surface area contributed by atoms with Gasteiger partial charge in [0.2, 0.25) is 0 Å². The average Bonchev–Trinajstić information content (AvgIpc) is 2.78. The van der Waals surface area contributed by atoms with Gasteiger partial charge in [0.1, 0.15) is 5.82 Å². The minimum atomic E-state index is -1.32. The largest absolute Gasteiger partial charge is 0.378 e. The number of aliphatic hydroxyl groups is 1. The van der Waals surface area contributed by atoms with Crippen molar-refractivity contribution in [2.24, 2.45) is 0 Å². The summed E-state index contributed by atoms with van der Waals surface area (Å²) in [6.45, 7) is 2.51. The molecule has 7 heteroatoms. The Bertz CT molecular complexity index is 1130. The zero-order chi connectivity index (χ0) is 21.3. The topological polar surface area (TPSA) is 86.3 Å². The third kappa shape index (κ3) is 4.01. The van der Waals surface area contributed by atoms with Crippen LogP contribution in [0.4, 0.5) is 0 Å². The number of aromatic amines is 1. The highest BCUT2D eigenvalue weighted by molar-refractivity contribution is 6.30. The van der Waals surface area contributed by atoms with E-state index in [-0.39, 0.29) is 18.0 Å². The quantitative estimate of drug-likeness (QED) is 0.674. The van der Waals surface area contributed by atoms with E-state index in [1.807, 2.05) is 37.3 Å². The molecule has 2 heterocycles. The Morgan fingerprint density at radius 3 is 2.63 bits per heavy atom. The lowest BCUT2D eigenvalue weighted by atomic mass is 9.99. The monoisotopic (exact) mass is 423 g/mol. The predicted molar refractivity (Wildman–Crippen MR) is 114 cm³/mol. The maximum atomic E-state index is 12.8. The van der Waals surface area contributed by atoms with Gasteiger partial charge in [-0.25, -0.2) is 4.98 Å². The van der Waals surface area contributed by atoms with E-state index in [2.05, 4.69) is 9.97 Å². The van der Waals surface area contributed by atoms with Crippen molar-refractivity contribution >= 4 is 17.5 Å². The number of rotatable bonds is 4. The first-order valence-electron chi connectivity index (χ1n) is 9.83. The summed E-state index contributed by atoms with van der Waals surface area (Å²) in [5.41, 5.74) is 2.43. The summed E-state index contributed by atoms with van der Waals surface area (Å²) in [6, 6.07) is 16.4. The van der Waals surface area contributed by atoms with E-state index in [0.29, 0.717) is 40.6 Å². The molecule has 2 N–H and O–H groups in total. The molecular formula is C23H22ClN3O3. The molecule has 6 nitrogen and oxygen atoms in total. The van der Waals surface area contributed by atoms with Gasteiger partial charge in [0.25, 0.3) is 11.5 Å². The summed E-state index contributed by atoms with van der Waals surface area (Å²) in [5, 5.41) is 10.9. The lowest BCUT2D eigenvalue weighted by molar-refractivity contribution is -0.141. The van der Waals surface area contributed by atoms with Crippen LogP contribution in [0.3, 0.4) is 0 Å². The first-order valence-corrected chi connectivity index (χ1v) is 10.2. The fraction of sp³-hybridized carbons (Fsp3) is 0.261. The number of hydrogen-bond acceptors (Lipinski definition) is 4. The zero-order valence-electron chi connectivity index (χ0n) is 16.5. The van der Waals surface area contributed by atoms with Crippen molar-refractivity contribution in [2.45, 2.75) is 31.9 Å². The van der Waals surface area contributed by atoms with E-state index < -0.39 is 12.0 Å². The third-order valence-electron chi connectivity index (χ3n) is 5.51. The molecule has 0 bridgehead atoms. The lowest BCUT2D eigenvalue weighted by Gasteiger charge is -2.30. The molecule has 1 aromatic heterocycles. The van der Waals surface area contributed by atoms with Gasteiger partial charge >= 0.3 is 0 Å². The van der Waals surface area contributed by atoms with Gasteiger partial charge in [0, 0.05) is 23.9 Å². The van der Waals surface area contributed by atoms with Gasteiger partial charge in [-0.2, -0.15) is 0 Å². The number of H-pyrrole nitrogens is 1. The summed E-state index contributed by atoms with van der Waals surface area (Å²) in [5.74, 6) is 0.112. The summed E-state index contributed by atoms with van der Waals surface area (Å²) >= 11 is 5.96. The van der Waals surface area contributed by atoms with Crippen LogP contribution in [0.25, 0.3) is 0 Å². The van der Waals surface area contributed by atoms with Gasteiger partial charge in [-0.05, 0) is 23.3 Å². The normalized spacial score (nSPS) is 15.4. The minimum absolute atomic E-state index is 0.0477. The lowest BCUT2D eigenvalue weighted by Crippen LogP contribution is -2.42. The molecule has 2 atom stereocenters. The van der Waals surface area contributed by atoms with Crippen molar-refractivity contribution in [3.8, 4) is 0 Å². The molecule has 1 amide bonds. The van der Waals surface area contributed by atoms with Gasteiger partial charge < -0.3 is 15.0 Å². The highest BCUT2D eigenvalue weighted by atomic mass is 35.5. The van der Waals surface area contributed by atoms with E-state index in [4.69, 9.17) is 11.6 Å². The van der Waals surface area contributed by atoms with Crippen LogP contribution in [0.2, 0.25) is 5.02 Å². The SMILES string of the molecule is CC(c1ccccc1)c1nc2c(c(=O)[nH]1)CN(C(=O)[C@H](O)c1cccc(Cl)c1)CC2. The number of aliphatic hydroxyl groups excluding tert-OH is 1. The van der Waals surface area contributed by atoms with Crippen molar-refractivity contribution < 1.29 is 9.90 Å². The Kier molecular flexibility index (Phi) is 5.70. The number of aromatic nitrogens is 2. The van der Waals surface area contributed by atoms with E-state index in [1.165, 1.54) is 4.90 Å². The van der Waals surface area contributed by atoms with Crippen molar-refractivity contribution in [1.82, 2.24) is 14.9 Å². The molecule has 2 aromatic carbocycles. The molecule has 1 aliphatic rings. The number of amides is 1. The van der Waals surface area contributed by atoms with Crippen molar-refractivity contribution in [1.29, 1.82) is 0 Å². The minimum Gasteiger partial charge on any atom is -0.378 e. The summed E-state index contributed by atoms with van der Waals surface area (Å²) in [4.78, 5) is 34.6. The molecular weight excluding hydrogens is 402 g/mol. The zero-order valence-corrected chi connectivity index (χ0v) is 17.3. The second-order valence-electron chi connectivity index (χ2n) is 7.48. The number of carbonyl (C=O) groups excluding carboxylic acids is 1. The number of carbonyl (C=O) groups is 1. The van der Waals surface area contributed by atoms with Crippen LogP contribution in [-0.4, -0.2) is 32.4 Å². The Labute approximate surface area is 179 Å². The maximum absolute atomic E-state index is 12.8. The number of hydrogen-bond donors (Lipinski definition) is 2. The Morgan fingerprint density at radius 2 is 1.90 bits per heavy atom. The Balaban J connectivity index is 1.56. The van der Waals surface area contributed by atoms with Crippen LogP contribution in [-0.2, 0) is 17.8 Å². The van der Waals surface area contributed by atoms with Gasteiger partial charge in [-0.15, -0.1) is 0 Å². The third-order valence-corrected chi connectivity index (χ3v) is 5.74. The maximum Gasteiger partial charge on any atom is 0.256 e. The fourth-order valence-corrected chi connectivity index (χ4v) is 3.93. The molecule has 154 valence electrons. The number of benzene rings is 2. The van der Waals surface area contributed by atoms with Gasteiger partial charge in [0.05, 0.1) is 17.8 Å². The second-order valence-corrected chi connectivity index (χ2v) is 7.91. The number of nitrogens with zero attached hydrogens (tertiary/aromatic N) is 2. The van der Waals surface area contributed by atoms with Gasteiger partial charge in [0.15, 0.2) is 6.10 Å². The van der Waals surface area contributed by atoms with E-state index >= 15 is 0 Å². The van der Waals surface area contributed by atoms with Crippen molar-refractivity contribution in [2.75, 3.05) is 6.54 Å². The molecule has 4 rings (SSSR count). The smallest absolute Gasteiger partial charge is 0.256 e. The predicted octanol–water partition coefficient (Wildman–Crippen LogP) is 3.19. The van der Waals surface area contributed by atoms with Crippen LogP contribution in [0, 0.1) is 0 Å². The van der Waals surface area contributed by atoms with E-state index in [1.54, 1.807) is 24.3 Å². The Hall–Kier alpha value is -2.96. The molecule has 0 fully saturated rings. The molecule has 0 saturated heterocycles. The second kappa shape index (κ2) is 8.42. The summed E-state index contributed by atoms with van der Waals surface area (Å²) < 4.78 is 0. The average molecular weight is 424 g/mol. The molecule has 0 spiro atoms. The van der Waals surface area contributed by atoms with Crippen LogP contribution in [0.1, 0.15) is 47.2 Å². The first kappa shape index (κ1) is 20.3. The highest BCUT2D eigenvalue weighted by Gasteiger charge is 2.29. The molecule has 0 aliphatic carbocycles. The van der Waals surface area contributed by atoms with E-state index in [9.17, 15) is 14.7 Å². The van der Waals surface area contributed by atoms with Gasteiger partial charge in [-0.1, -0.05) is 61.0 Å². The number of fused-ring (bicyclic) bond motifs is 1. The molecule has 1 aliphatic heterocycles. The molecule has 1 unspecified atom stereocenters. The molecule has 0 saturated carbocycles. The van der Waals surface area contributed by atoms with Crippen LogP contribution in [0.5, 0.6) is 0 Å². The highest BCUT2D eigenvalue weighted by Crippen LogP contribution is 2.25. The summed E-state index contributed by atoms with van der Waals surface area (Å²) in [7, 11) is 0. The van der Waals surface area contributed by atoms with Crippen molar-refractivity contribution in [3.63, 3.8) is 0 Å². The molecule has 3 aromatic rings. The number of nitrogens with one attached hydrogen (secondary N) is 1. The first-order chi connectivity index (χ1) is 14.4. The van der Waals surface area contributed by atoms with Gasteiger partial charge in [-0.3, -0.25) is 9.59 Å². The Morgan fingerprint density at radius 1 is 1.17 bits per heavy atom. The van der Waals surface area contributed by atoms with Crippen LogP contribution >= 0.6 is 11.6 Å². The fourth-order valence-electron chi connectivity index (χ4n) is 3.73. The van der Waals surface area contributed by atoms with Crippen LogP contribution < -0.4 is 5.56 Å². The molecule has 30 heavy (non-hydrogen) atoms. The standard InChI is InChI=1S/C23H22ClN3O3/c1-14(15-6-3-2-4-7-15)21-25-19-10-11-27(13-18(19)22(29)26-21)23(30)20(28)16-8-5-9-17(24)12-16/h2-9,12,14,20,28H,10-11,13H2,1H3,(H,25,26,29)/t14?,20-/m1/s1. The van der Waals surface area contributed by atoms with E-state index in [0.717, 1.165) is 5.56 Å². The number of halogens is 1.